The number of carbonyl (C=O) groups excluding carboxylic acids is 3. The zero-order valence-corrected chi connectivity index (χ0v) is 30.5. The Kier molecular flexibility index (Phi) is 15.7. The van der Waals surface area contributed by atoms with Gasteiger partial charge in [0, 0.05) is 30.8 Å². The van der Waals surface area contributed by atoms with E-state index in [-0.39, 0.29) is 44.0 Å². The van der Waals surface area contributed by atoms with Crippen LogP contribution in [0.4, 0.5) is 0 Å². The van der Waals surface area contributed by atoms with E-state index < -0.39 is 60.3 Å². The molecule has 0 saturated carbocycles. The van der Waals surface area contributed by atoms with Crippen LogP contribution in [0.5, 0.6) is 0 Å². The van der Waals surface area contributed by atoms with Gasteiger partial charge in [0.15, 0.2) is 12.4 Å². The molecule has 4 aliphatic rings. The van der Waals surface area contributed by atoms with E-state index in [0.29, 0.717) is 25.0 Å². The predicted molar refractivity (Wildman–Crippen MR) is 183 cm³/mol. The summed E-state index contributed by atoms with van der Waals surface area (Å²) in [5.41, 5.74) is -0.961. The fraction of sp³-hybridized carbons (Fsp3) is 0.816. The second kappa shape index (κ2) is 19.5. The number of hydrogen-bond donors (Lipinski definition) is 2. The SMILES string of the molecule is CCCCCCCC(=O)O[C@H]1C(=CC(=O)OC)C[C@H]2C[C@H](CO)OC(=O)CCC[C@@H]3CCC[C@H](C[C@@H]4CCO[C@H](C=CC(C)(C)[C@]1(O)O2)O4)O3. The summed E-state index contributed by atoms with van der Waals surface area (Å²) in [6, 6.07) is 0. The van der Waals surface area contributed by atoms with Gasteiger partial charge in [0.1, 0.15) is 6.10 Å². The van der Waals surface area contributed by atoms with Gasteiger partial charge < -0.3 is 43.4 Å². The van der Waals surface area contributed by atoms with E-state index in [4.69, 9.17) is 33.2 Å². The van der Waals surface area contributed by atoms with Crippen LogP contribution in [0.2, 0.25) is 0 Å². The average molecular weight is 709 g/mol. The molecule has 8 atom stereocenters. The van der Waals surface area contributed by atoms with E-state index in [1.165, 1.54) is 13.2 Å². The van der Waals surface area contributed by atoms with Gasteiger partial charge in [-0.25, -0.2) is 4.79 Å². The van der Waals surface area contributed by atoms with Gasteiger partial charge in [0.2, 0.25) is 5.79 Å². The number of aliphatic hydroxyl groups is 2. The highest BCUT2D eigenvalue weighted by molar-refractivity contribution is 5.83. The maximum Gasteiger partial charge on any atom is 0.330 e. The van der Waals surface area contributed by atoms with Crippen molar-refractivity contribution in [3.8, 4) is 0 Å². The fourth-order valence-corrected chi connectivity index (χ4v) is 7.32. The number of rotatable bonds is 9. The third-order valence-electron chi connectivity index (χ3n) is 10.3. The Labute approximate surface area is 297 Å². The first-order valence-electron chi connectivity index (χ1n) is 18.8. The minimum absolute atomic E-state index is 0.0187. The van der Waals surface area contributed by atoms with Crippen LogP contribution in [0.25, 0.3) is 0 Å². The van der Waals surface area contributed by atoms with Crippen molar-refractivity contribution in [1.82, 2.24) is 0 Å². The molecule has 0 spiro atoms. The third kappa shape index (κ3) is 11.6. The summed E-state index contributed by atoms with van der Waals surface area (Å²) < 4.78 is 41.7. The molecule has 50 heavy (non-hydrogen) atoms. The lowest BCUT2D eigenvalue weighted by molar-refractivity contribution is -0.327. The molecule has 4 heterocycles. The highest BCUT2D eigenvalue weighted by Crippen LogP contribution is 2.47. The number of aliphatic hydroxyl groups excluding tert-OH is 1. The van der Waals surface area contributed by atoms with Gasteiger partial charge in [-0.15, -0.1) is 0 Å². The molecule has 0 aromatic rings. The van der Waals surface area contributed by atoms with Crippen LogP contribution in [-0.2, 0) is 47.5 Å². The minimum atomic E-state index is -2.20. The molecule has 12 nitrogen and oxygen atoms in total. The molecule has 284 valence electrons. The maximum atomic E-state index is 13.3. The topological polar surface area (TPSA) is 156 Å². The summed E-state index contributed by atoms with van der Waals surface area (Å²) in [7, 11) is 1.24. The Hall–Kier alpha value is -2.35. The molecule has 0 amide bonds. The van der Waals surface area contributed by atoms with Crippen molar-refractivity contribution >= 4 is 17.9 Å². The normalized spacial score (nSPS) is 34.7. The third-order valence-corrected chi connectivity index (χ3v) is 10.3. The lowest BCUT2D eigenvalue weighted by Gasteiger charge is -2.51. The van der Waals surface area contributed by atoms with Crippen molar-refractivity contribution < 1.29 is 57.8 Å². The van der Waals surface area contributed by atoms with Crippen LogP contribution in [0.1, 0.15) is 124 Å². The molecular weight excluding hydrogens is 648 g/mol. The summed E-state index contributed by atoms with van der Waals surface area (Å²) in [5.74, 6) is -3.86. The van der Waals surface area contributed by atoms with Gasteiger partial charge >= 0.3 is 17.9 Å². The first-order chi connectivity index (χ1) is 24.0. The van der Waals surface area contributed by atoms with Gasteiger partial charge in [-0.3, -0.25) is 9.59 Å². The molecule has 0 unspecified atom stereocenters. The van der Waals surface area contributed by atoms with Crippen LogP contribution in [0.15, 0.2) is 23.8 Å². The van der Waals surface area contributed by atoms with E-state index in [2.05, 4.69) is 6.92 Å². The highest BCUT2D eigenvalue weighted by atomic mass is 16.7. The number of ether oxygens (including phenoxy) is 7. The Balaban J connectivity index is 1.66. The Morgan fingerprint density at radius 1 is 0.980 bits per heavy atom. The zero-order chi connectivity index (χ0) is 36.1. The lowest BCUT2D eigenvalue weighted by atomic mass is 9.74. The maximum absolute atomic E-state index is 13.3. The minimum Gasteiger partial charge on any atom is -0.466 e. The van der Waals surface area contributed by atoms with Gasteiger partial charge in [0.05, 0.1) is 44.7 Å². The van der Waals surface area contributed by atoms with Gasteiger partial charge in [0.25, 0.3) is 0 Å². The van der Waals surface area contributed by atoms with Crippen molar-refractivity contribution in [2.24, 2.45) is 5.41 Å². The Bertz CT molecular complexity index is 1170. The molecular formula is C38H60O12. The summed E-state index contributed by atoms with van der Waals surface area (Å²) in [6.45, 7) is 5.62. The number of carbonyl (C=O) groups is 3. The first kappa shape index (κ1) is 40.4. The summed E-state index contributed by atoms with van der Waals surface area (Å²) >= 11 is 0. The number of esters is 3. The lowest BCUT2D eigenvalue weighted by Crippen LogP contribution is -2.62. The molecule has 6 bridgehead atoms. The summed E-state index contributed by atoms with van der Waals surface area (Å²) in [6.07, 6.45) is 11.6. The van der Waals surface area contributed by atoms with Crippen LogP contribution < -0.4 is 0 Å². The smallest absolute Gasteiger partial charge is 0.330 e. The van der Waals surface area contributed by atoms with Crippen molar-refractivity contribution in [3.63, 3.8) is 0 Å². The molecule has 0 aliphatic carbocycles. The summed E-state index contributed by atoms with van der Waals surface area (Å²) in [5, 5.41) is 22.8. The van der Waals surface area contributed by atoms with Gasteiger partial charge in [-0.1, -0.05) is 52.5 Å². The fourth-order valence-electron chi connectivity index (χ4n) is 7.32. The van der Waals surface area contributed by atoms with Crippen LogP contribution in [0, 0.1) is 5.41 Å². The van der Waals surface area contributed by atoms with Gasteiger partial charge in [-0.2, -0.15) is 0 Å². The van der Waals surface area contributed by atoms with Crippen LogP contribution in [-0.4, -0.2) is 97.1 Å². The number of cyclic esters (lactones) is 1. The number of unbranched alkanes of at least 4 members (excludes halogenated alkanes) is 4. The van der Waals surface area contributed by atoms with E-state index >= 15 is 0 Å². The molecule has 4 rings (SSSR count). The van der Waals surface area contributed by atoms with Crippen LogP contribution >= 0.6 is 0 Å². The summed E-state index contributed by atoms with van der Waals surface area (Å²) in [4.78, 5) is 38.8. The molecule has 12 heteroatoms. The van der Waals surface area contributed by atoms with Crippen molar-refractivity contribution in [2.75, 3.05) is 20.3 Å². The monoisotopic (exact) mass is 708 g/mol. The number of methoxy groups -OCH3 is 1. The molecule has 3 fully saturated rings. The van der Waals surface area contributed by atoms with Crippen molar-refractivity contribution in [3.05, 3.63) is 23.8 Å². The first-order valence-corrected chi connectivity index (χ1v) is 18.8. The molecule has 0 radical (unpaired) electrons. The van der Waals surface area contributed by atoms with Crippen LogP contribution in [0.3, 0.4) is 0 Å². The average Bonchev–Trinajstić information content (AvgIpc) is 3.08. The molecule has 0 aromatic heterocycles. The van der Waals surface area contributed by atoms with Crippen molar-refractivity contribution in [1.29, 1.82) is 0 Å². The highest BCUT2D eigenvalue weighted by Gasteiger charge is 2.57. The van der Waals surface area contributed by atoms with E-state index in [1.54, 1.807) is 26.0 Å². The van der Waals surface area contributed by atoms with Crippen molar-refractivity contribution in [2.45, 2.75) is 172 Å². The predicted octanol–water partition coefficient (Wildman–Crippen LogP) is 5.36. The Morgan fingerprint density at radius 3 is 2.48 bits per heavy atom. The zero-order valence-electron chi connectivity index (χ0n) is 30.5. The van der Waals surface area contributed by atoms with E-state index in [1.807, 2.05) is 0 Å². The Morgan fingerprint density at radius 2 is 1.72 bits per heavy atom. The second-order valence-electron chi connectivity index (χ2n) is 14.8. The molecule has 0 aromatic carbocycles. The standard InChI is InChI=1S/C38H60O12/c1-5-6-7-8-9-15-33(41)49-36-26(22-34(42)44-4)21-30-24-31(25-39)47-32(40)16-11-13-27-12-10-14-28(46-27)23-29-18-20-45-35(48-29)17-19-37(2,3)38(36,43)50-30/h17,19,22,27-31,35-36,39,43H,5-16,18,20-21,23-25H2,1-4H3/t27-,28+,29-,30-,31+,35-,36-,38+/m0/s1. The quantitative estimate of drug-likeness (QED) is 0.104. The van der Waals surface area contributed by atoms with E-state index in [0.717, 1.165) is 64.2 Å². The number of fused-ring (bicyclic) bond motifs is 6. The van der Waals surface area contributed by atoms with Gasteiger partial charge in [-0.05, 0) is 69.4 Å². The molecule has 3 saturated heterocycles. The second-order valence-corrected chi connectivity index (χ2v) is 14.8. The largest absolute Gasteiger partial charge is 0.466 e. The molecule has 4 aliphatic heterocycles. The molecule has 2 N–H and O–H groups in total. The van der Waals surface area contributed by atoms with E-state index in [9.17, 15) is 24.6 Å². The number of hydrogen-bond acceptors (Lipinski definition) is 12.